The Morgan fingerprint density at radius 3 is 1.09 bits per heavy atom. The second-order valence-corrected chi connectivity index (χ2v) is 47.1. The van der Waals surface area contributed by atoms with Gasteiger partial charge in [-0.3, -0.25) is 9.80 Å². The second kappa shape index (κ2) is 55.8. The van der Waals surface area contributed by atoms with Crippen LogP contribution >= 0.6 is 48.9 Å². The molecule has 146 heavy (non-hydrogen) atoms. The topological polar surface area (TPSA) is 199 Å². The maximum Gasteiger partial charge on any atom is 0.412 e. The van der Waals surface area contributed by atoms with Crippen molar-refractivity contribution in [3.8, 4) is 46.0 Å². The number of rotatable bonds is 45. The van der Waals surface area contributed by atoms with E-state index >= 15 is 0 Å². The third-order valence-corrected chi connectivity index (χ3v) is 32.3. The predicted octanol–water partition coefficient (Wildman–Crippen LogP) is 27.1. The number of aromatic hydroxyl groups is 3. The summed E-state index contributed by atoms with van der Waals surface area (Å²) in [6.07, 6.45) is 37.2. The lowest BCUT2D eigenvalue weighted by molar-refractivity contribution is 0.199. The van der Waals surface area contributed by atoms with Gasteiger partial charge < -0.3 is 80.3 Å². The van der Waals surface area contributed by atoms with Gasteiger partial charge in [0.1, 0.15) is 46.0 Å². The summed E-state index contributed by atoms with van der Waals surface area (Å²) in [5, 5.41) is 51.6. The highest BCUT2D eigenvalue weighted by Crippen LogP contribution is 2.53. The minimum Gasteiger partial charge on any atom is -0.507 e. The molecular weight excluding hydrogens is 1890 g/mol. The van der Waals surface area contributed by atoms with Crippen molar-refractivity contribution in [1.82, 2.24) is 51.1 Å². The van der Waals surface area contributed by atoms with Crippen molar-refractivity contribution in [1.29, 1.82) is 0 Å². The zero-order chi connectivity index (χ0) is 106. The predicted molar refractivity (Wildman–Crippen MR) is 622 cm³/mol. The minimum absolute atomic E-state index is 0.0215. The minimum atomic E-state index is -0.427. The number of phenolic OH excluding ortho intramolecular Hbond substituents is 3. The molecule has 0 radical (unpaired) electrons. The molecule has 5 saturated heterocycles. The molecule has 8 N–H and O–H groups in total. The lowest BCUT2D eigenvalue weighted by Gasteiger charge is -2.33. The maximum atomic E-state index is 13.1. The number of aryl methyl sites for hydroxylation is 4. The van der Waals surface area contributed by atoms with Gasteiger partial charge in [-0.2, -0.15) is 0 Å². The Morgan fingerprint density at radius 2 is 0.733 bits per heavy atom. The molecule has 0 aromatic heterocycles. The number of carbonyl (C=O) groups is 1. The lowest BCUT2D eigenvalue weighted by atomic mass is 9.73. The van der Waals surface area contributed by atoms with Crippen LogP contribution in [0.15, 0.2) is 174 Å². The third-order valence-electron chi connectivity index (χ3n) is 31.5. The molecule has 10 unspecified atom stereocenters. The molecule has 0 spiro atoms. The number of phenols is 3. The van der Waals surface area contributed by atoms with Crippen molar-refractivity contribution in [3.63, 3.8) is 0 Å². The fourth-order valence-electron chi connectivity index (χ4n) is 22.0. The number of ether oxygens (including phenoxy) is 5. The normalized spacial score (nSPS) is 24.5. The van der Waals surface area contributed by atoms with Crippen molar-refractivity contribution in [2.75, 3.05) is 87.1 Å². The molecule has 800 valence electrons. The van der Waals surface area contributed by atoms with Crippen LogP contribution in [0, 0.1) is 29.1 Å². The van der Waals surface area contributed by atoms with Gasteiger partial charge in [-0.15, -0.1) is 0 Å². The number of thiocarbonyl (C=S) groups is 4. The van der Waals surface area contributed by atoms with Gasteiger partial charge in [0.15, 0.2) is 0 Å². The summed E-state index contributed by atoms with van der Waals surface area (Å²) in [6, 6.07) is 29.5. The van der Waals surface area contributed by atoms with E-state index in [1.54, 1.807) is 0 Å². The van der Waals surface area contributed by atoms with Crippen molar-refractivity contribution < 1.29 is 43.8 Å². The zero-order valence-corrected chi connectivity index (χ0v) is 95.7. The molecule has 9 aliphatic rings. The number of nitrogens with zero attached hydrogens (tertiary/aromatic N) is 5. The smallest absolute Gasteiger partial charge is 0.412 e. The quantitative estimate of drug-likeness (QED) is 0.00791. The average molecular weight is 2070 g/mol. The number of likely N-dealkylation sites (N-methyl/N-ethyl adjacent to an activating group) is 4. The van der Waals surface area contributed by atoms with Crippen LogP contribution in [0.3, 0.4) is 0 Å². The van der Waals surface area contributed by atoms with Crippen LogP contribution in [0.5, 0.6) is 46.0 Å². The molecule has 5 aliphatic heterocycles. The van der Waals surface area contributed by atoms with E-state index in [0.29, 0.717) is 103 Å². The Labute approximate surface area is 900 Å². The highest BCUT2D eigenvalue weighted by molar-refractivity contribution is 7.80. The Balaban J connectivity index is 0.000000186. The number of unbranched alkanes of at least 4 members (excludes halogenated alkanes) is 8. The Kier molecular flexibility index (Phi) is 45.0. The number of allylic oxidation sites excluding steroid dienone is 12. The van der Waals surface area contributed by atoms with Gasteiger partial charge in [-0.1, -0.05) is 218 Å². The first-order valence-corrected chi connectivity index (χ1v) is 56.6. The van der Waals surface area contributed by atoms with Crippen LogP contribution in [0.4, 0.5) is 4.79 Å². The first-order valence-electron chi connectivity index (χ1n) is 55.0. The molecule has 1 amide bonds. The largest absolute Gasteiger partial charge is 0.507 e. The first-order chi connectivity index (χ1) is 69.5. The average Bonchev–Trinajstić information content (AvgIpc) is 1.21. The molecule has 5 aromatic rings. The Hall–Kier alpha value is -8.75. The lowest BCUT2D eigenvalue weighted by Crippen LogP contribution is -2.46. The van der Waals surface area contributed by atoms with Crippen molar-refractivity contribution in [2.24, 2.45) is 29.1 Å². The van der Waals surface area contributed by atoms with E-state index in [2.05, 4.69) is 289 Å². The number of benzene rings is 5. The van der Waals surface area contributed by atoms with Gasteiger partial charge in [-0.25, -0.2) is 4.79 Å². The number of amides is 1. The van der Waals surface area contributed by atoms with E-state index in [9.17, 15) is 20.1 Å². The van der Waals surface area contributed by atoms with Crippen LogP contribution in [0.1, 0.15) is 332 Å². The van der Waals surface area contributed by atoms with E-state index in [1.165, 1.54) is 60.0 Å². The van der Waals surface area contributed by atoms with Crippen LogP contribution in [-0.4, -0.2) is 189 Å². The van der Waals surface area contributed by atoms with Gasteiger partial charge in [-0.05, 0) is 374 Å². The monoisotopic (exact) mass is 2070 g/mol. The van der Waals surface area contributed by atoms with E-state index in [1.807, 2.05) is 30.3 Å². The SMILES string of the molecule is C=C(C)[C@@H]1CCC(C)=C[C@H]1c1c(O)cc(CCCCC)cc1OC(=S)NC(C)(C)CC1CN1C.C=C(C)[C@@H]1CCC(C)=C[C@H]1c1c(O)cc(CCCCC)cc1OC(=S)NCC(C)(C)C1CN1C.C=C(C)[C@@H]1CCC(C)=C[C@H]1c1c(O)cc(CCCCC)cc1OC(=S)NCC1CN1Cc1ccccc1.C=C(C)[C@@H]1CCC(C)=C[C@H]1c1c(OC(=O)NCCC2CN2C)cc(CCCCC)cc1OC(=S)NCCC1CN1C. The highest BCUT2D eigenvalue weighted by atomic mass is 32.1. The van der Waals surface area contributed by atoms with Crippen molar-refractivity contribution >= 4 is 75.7 Å². The summed E-state index contributed by atoms with van der Waals surface area (Å²) in [6.45, 7) is 61.1. The summed E-state index contributed by atoms with van der Waals surface area (Å²) in [7, 11) is 8.53. The molecular formula is C123H180N10O9S4. The van der Waals surface area contributed by atoms with E-state index in [-0.39, 0.29) is 58.3 Å². The van der Waals surface area contributed by atoms with E-state index < -0.39 is 6.09 Å². The van der Waals surface area contributed by atoms with Crippen LogP contribution in [0.25, 0.3) is 0 Å². The van der Waals surface area contributed by atoms with Crippen molar-refractivity contribution in [3.05, 3.63) is 224 Å². The third kappa shape index (κ3) is 36.0. The standard InChI is InChI=1S/C33H50N4O3S.C32H42N2O2S.2C29H44N2O2S/c1-7-8-9-10-24-18-29(39-32(38)34-15-13-25-20-36(25)5)31(28-17-23(4)11-12-27(28)22(2)3)30(19-24)40-33(41)35-16-14-26-21-37(26)6;1-5-6-8-13-25-17-29(35)31(28-16-23(4)14-15-27(28)22(2)3)30(18-25)36-32(37)33-19-26-21-34(26)20-24-11-9-7-10-12-24;1-8-9-10-11-21-15-25(32)27(24-14-20(4)12-13-23(24)19(2)3)26(16-21)33-28(34)30-29(5,6)17-22-18-31(22)7;1-8-9-10-11-21-15-24(32)27(23-14-20(4)12-13-22(23)19(2)3)25(16-21)33-28(34)30-18-29(5,6)26-17-31(26)7/h17-19,25-28H,2,7-16,20-21H2,1,3-6H3,(H,34,38)(H,35,41);7,9-12,16-18,26-28,35H,2,5-6,8,13-15,19-21H2,1,3-4H3,(H,33,37);14-16,22-24,32H,2,8-13,17-18H2,1,3-7H3,(H,30,34);14-16,22-23,26,32H,2,8-13,17-18H2,1,3-7H3,(H,30,34)/t25?,26?,27-,28+,36?,37?;26?,27-,28+,34?;22?,23-,24+,31?;22-,23+,26?,31?/m0000/s1. The zero-order valence-electron chi connectivity index (χ0n) is 92.5. The van der Waals surface area contributed by atoms with E-state index in [0.717, 1.165) is 267 Å². The van der Waals surface area contributed by atoms with Gasteiger partial charge in [0.2, 0.25) is 0 Å². The molecule has 5 aromatic carbocycles. The summed E-state index contributed by atoms with van der Waals surface area (Å²) < 4.78 is 31.5. The van der Waals surface area contributed by atoms with Crippen LogP contribution in [-0.2, 0) is 32.2 Å². The van der Waals surface area contributed by atoms with Crippen molar-refractivity contribution in [2.45, 2.75) is 350 Å². The van der Waals surface area contributed by atoms with Gasteiger partial charge in [0, 0.05) is 147 Å². The number of nitrogens with one attached hydrogen (secondary N) is 5. The second-order valence-electron chi connectivity index (χ2n) is 45.7. The fourth-order valence-corrected chi connectivity index (χ4v) is 22.9. The summed E-state index contributed by atoms with van der Waals surface area (Å²) in [5.41, 5.74) is 18.9. The van der Waals surface area contributed by atoms with Crippen LogP contribution < -0.4 is 50.3 Å². The fraction of sp³-hybridized carbons (Fsp3) is 0.585. The molecule has 23 heteroatoms. The summed E-state index contributed by atoms with van der Waals surface area (Å²) in [4.78, 5) is 24.8. The summed E-state index contributed by atoms with van der Waals surface area (Å²) >= 11 is 22.6. The molecule has 0 bridgehead atoms. The van der Waals surface area contributed by atoms with E-state index in [4.69, 9.17) is 72.6 Å². The maximum absolute atomic E-state index is 13.1. The molecule has 5 heterocycles. The first kappa shape index (κ1) is 118. The number of hydrogen-bond donors (Lipinski definition) is 8. The molecule has 19 nitrogen and oxygen atoms in total. The molecule has 18 atom stereocenters. The van der Waals surface area contributed by atoms with Gasteiger partial charge in [0.05, 0.1) is 0 Å². The van der Waals surface area contributed by atoms with Crippen LogP contribution in [0.2, 0.25) is 0 Å². The highest BCUT2D eigenvalue weighted by Gasteiger charge is 2.45. The molecule has 4 aliphatic carbocycles. The Morgan fingerprint density at radius 1 is 0.404 bits per heavy atom. The summed E-state index contributed by atoms with van der Waals surface area (Å²) in [5.74, 6) is 5.23. The Bertz CT molecular complexity index is 5390. The number of carbonyl (C=O) groups excluding carboxylic acids is 1. The molecule has 0 saturated carbocycles. The molecule has 14 rings (SSSR count). The van der Waals surface area contributed by atoms with Gasteiger partial charge >= 0.3 is 6.09 Å². The molecule has 5 fully saturated rings. The van der Waals surface area contributed by atoms with Gasteiger partial charge in [0.25, 0.3) is 20.7 Å². The number of hydrogen-bond acceptors (Lipinski definition) is 18.